The molecule has 4 heteroatoms. The minimum Gasteiger partial charge on any atom is -0.504 e. The average molecular weight is 280 g/mol. The Labute approximate surface area is 120 Å². The van der Waals surface area contributed by atoms with Crippen LogP contribution >= 0.6 is 0 Å². The summed E-state index contributed by atoms with van der Waals surface area (Å²) in [6.07, 6.45) is 0. The molecule has 0 aliphatic heterocycles. The fraction of sp³-hybridized carbons (Fsp3) is 0. The lowest BCUT2D eigenvalue weighted by Gasteiger charge is -2.07. The summed E-state index contributed by atoms with van der Waals surface area (Å²) < 4.78 is 0. The summed E-state index contributed by atoms with van der Waals surface area (Å²) in [6, 6.07) is 15.6. The Kier molecular flexibility index (Phi) is 2.99. The SMILES string of the molecule is O=c1ccc(-c2cccc3ccccc23)c(O)c(O)c1O. The largest absolute Gasteiger partial charge is 0.504 e. The summed E-state index contributed by atoms with van der Waals surface area (Å²) in [7, 11) is 0. The highest BCUT2D eigenvalue weighted by Gasteiger charge is 2.15. The third-order valence-corrected chi connectivity index (χ3v) is 3.42. The quantitative estimate of drug-likeness (QED) is 0.640. The van der Waals surface area contributed by atoms with Gasteiger partial charge in [0.1, 0.15) is 0 Å². The second-order valence-corrected chi connectivity index (χ2v) is 4.68. The van der Waals surface area contributed by atoms with Gasteiger partial charge in [-0.05, 0) is 28.5 Å². The van der Waals surface area contributed by atoms with Crippen LogP contribution in [0.15, 0.2) is 59.4 Å². The monoisotopic (exact) mass is 280 g/mol. The molecule has 4 nitrogen and oxygen atoms in total. The van der Waals surface area contributed by atoms with Crippen LogP contribution in [0.2, 0.25) is 0 Å². The van der Waals surface area contributed by atoms with Crippen LogP contribution in [0.25, 0.3) is 21.9 Å². The fourth-order valence-corrected chi connectivity index (χ4v) is 2.35. The van der Waals surface area contributed by atoms with Gasteiger partial charge >= 0.3 is 0 Å². The van der Waals surface area contributed by atoms with Crippen molar-refractivity contribution >= 4 is 10.8 Å². The predicted molar refractivity (Wildman–Crippen MR) is 80.6 cm³/mol. The van der Waals surface area contributed by atoms with Crippen LogP contribution in [-0.2, 0) is 0 Å². The van der Waals surface area contributed by atoms with Crippen LogP contribution < -0.4 is 5.43 Å². The molecule has 3 rings (SSSR count). The molecule has 0 bridgehead atoms. The molecule has 0 heterocycles. The highest BCUT2D eigenvalue weighted by atomic mass is 16.3. The normalized spacial score (nSPS) is 10.7. The van der Waals surface area contributed by atoms with E-state index >= 15 is 0 Å². The van der Waals surface area contributed by atoms with Gasteiger partial charge in [-0.3, -0.25) is 4.79 Å². The number of fused-ring (bicyclic) bond motifs is 1. The van der Waals surface area contributed by atoms with E-state index in [1.165, 1.54) is 6.07 Å². The van der Waals surface area contributed by atoms with E-state index in [1.54, 1.807) is 6.07 Å². The molecule has 104 valence electrons. The second-order valence-electron chi connectivity index (χ2n) is 4.68. The van der Waals surface area contributed by atoms with Crippen molar-refractivity contribution in [3.63, 3.8) is 0 Å². The van der Waals surface area contributed by atoms with Crippen LogP contribution in [0.3, 0.4) is 0 Å². The highest BCUT2D eigenvalue weighted by Crippen LogP contribution is 2.40. The van der Waals surface area contributed by atoms with Crippen LogP contribution in [0.5, 0.6) is 17.2 Å². The van der Waals surface area contributed by atoms with E-state index in [-0.39, 0.29) is 5.56 Å². The zero-order chi connectivity index (χ0) is 15.0. The first-order valence-corrected chi connectivity index (χ1v) is 6.36. The summed E-state index contributed by atoms with van der Waals surface area (Å²) in [4.78, 5) is 11.5. The molecule has 0 radical (unpaired) electrons. The summed E-state index contributed by atoms with van der Waals surface area (Å²) in [5.74, 6) is -2.20. The first-order chi connectivity index (χ1) is 10.1. The molecule has 0 fully saturated rings. The van der Waals surface area contributed by atoms with Crippen LogP contribution in [0, 0.1) is 0 Å². The Morgan fingerprint density at radius 3 is 2.14 bits per heavy atom. The van der Waals surface area contributed by atoms with Crippen molar-refractivity contribution in [3.8, 4) is 28.4 Å². The molecule has 21 heavy (non-hydrogen) atoms. The smallest absolute Gasteiger partial charge is 0.224 e. The number of benzene rings is 2. The van der Waals surface area contributed by atoms with Crippen molar-refractivity contribution in [2.75, 3.05) is 0 Å². The van der Waals surface area contributed by atoms with E-state index in [0.717, 1.165) is 16.8 Å². The standard InChI is InChI=1S/C17H12O4/c18-14-9-8-13(15(19)17(21)16(14)20)12-7-3-5-10-4-1-2-6-11(10)12/h1-9H,(H3,18,19,20,21). The van der Waals surface area contributed by atoms with Gasteiger partial charge in [-0.1, -0.05) is 42.5 Å². The van der Waals surface area contributed by atoms with Crippen molar-refractivity contribution in [1.82, 2.24) is 0 Å². The van der Waals surface area contributed by atoms with Crippen LogP contribution in [-0.4, -0.2) is 15.3 Å². The molecule has 3 aromatic rings. The minimum atomic E-state index is -0.862. The van der Waals surface area contributed by atoms with Crippen LogP contribution in [0.4, 0.5) is 0 Å². The molecular formula is C17H12O4. The van der Waals surface area contributed by atoms with E-state index in [4.69, 9.17) is 0 Å². The van der Waals surface area contributed by atoms with Gasteiger partial charge in [-0.15, -0.1) is 0 Å². The van der Waals surface area contributed by atoms with Crippen molar-refractivity contribution in [1.29, 1.82) is 0 Å². The van der Waals surface area contributed by atoms with Crippen molar-refractivity contribution in [2.24, 2.45) is 0 Å². The molecule has 0 unspecified atom stereocenters. The maximum Gasteiger partial charge on any atom is 0.224 e. The zero-order valence-electron chi connectivity index (χ0n) is 10.9. The molecule has 0 aromatic heterocycles. The van der Waals surface area contributed by atoms with Crippen molar-refractivity contribution < 1.29 is 15.3 Å². The maximum atomic E-state index is 11.5. The van der Waals surface area contributed by atoms with Crippen molar-refractivity contribution in [2.45, 2.75) is 0 Å². The van der Waals surface area contributed by atoms with Gasteiger partial charge in [0.25, 0.3) is 0 Å². The third-order valence-electron chi connectivity index (χ3n) is 3.42. The van der Waals surface area contributed by atoms with E-state index in [2.05, 4.69) is 0 Å². The molecule has 0 amide bonds. The first kappa shape index (κ1) is 13.0. The fourth-order valence-electron chi connectivity index (χ4n) is 2.35. The summed E-state index contributed by atoms with van der Waals surface area (Å²) in [5, 5.41) is 31.2. The van der Waals surface area contributed by atoms with Gasteiger partial charge in [0.05, 0.1) is 0 Å². The molecule has 0 atom stereocenters. The highest BCUT2D eigenvalue weighted by molar-refractivity contribution is 5.98. The Morgan fingerprint density at radius 2 is 1.33 bits per heavy atom. The topological polar surface area (TPSA) is 77.8 Å². The van der Waals surface area contributed by atoms with Gasteiger partial charge in [0.15, 0.2) is 5.75 Å². The van der Waals surface area contributed by atoms with Crippen LogP contribution in [0.1, 0.15) is 0 Å². The molecule has 0 spiro atoms. The molecular weight excluding hydrogens is 268 g/mol. The Bertz CT molecular complexity index is 895. The molecule has 0 saturated heterocycles. The Balaban J connectivity index is 2.42. The lowest BCUT2D eigenvalue weighted by molar-refractivity contribution is 0.369. The molecule has 0 aliphatic carbocycles. The molecule has 3 aromatic carbocycles. The van der Waals surface area contributed by atoms with E-state index in [9.17, 15) is 20.1 Å². The summed E-state index contributed by atoms with van der Waals surface area (Å²) >= 11 is 0. The Morgan fingerprint density at radius 1 is 0.619 bits per heavy atom. The van der Waals surface area contributed by atoms with Crippen molar-refractivity contribution in [3.05, 3.63) is 64.8 Å². The van der Waals surface area contributed by atoms with Gasteiger partial charge in [-0.2, -0.15) is 0 Å². The molecule has 3 N–H and O–H groups in total. The lowest BCUT2D eigenvalue weighted by atomic mass is 9.98. The number of hydrogen-bond donors (Lipinski definition) is 3. The van der Waals surface area contributed by atoms with Gasteiger partial charge < -0.3 is 15.3 Å². The van der Waals surface area contributed by atoms with Gasteiger partial charge in [0, 0.05) is 5.56 Å². The van der Waals surface area contributed by atoms with Gasteiger partial charge in [0.2, 0.25) is 16.9 Å². The maximum absolute atomic E-state index is 11.5. The zero-order valence-corrected chi connectivity index (χ0v) is 10.9. The predicted octanol–water partition coefficient (Wildman–Crippen LogP) is 2.98. The first-order valence-electron chi connectivity index (χ1n) is 6.36. The van der Waals surface area contributed by atoms with E-state index in [1.807, 2.05) is 36.4 Å². The number of aromatic hydroxyl groups is 3. The lowest BCUT2D eigenvalue weighted by Crippen LogP contribution is -1.92. The third kappa shape index (κ3) is 2.07. The van der Waals surface area contributed by atoms with E-state index < -0.39 is 22.7 Å². The minimum absolute atomic E-state index is 0.279. The Hall–Kier alpha value is -3.01. The molecule has 0 aliphatic rings. The number of hydrogen-bond acceptors (Lipinski definition) is 4. The summed E-state index contributed by atoms with van der Waals surface area (Å²) in [6.45, 7) is 0. The van der Waals surface area contributed by atoms with Gasteiger partial charge in [-0.25, -0.2) is 0 Å². The molecule has 0 saturated carbocycles. The average Bonchev–Trinajstić information content (AvgIpc) is 2.61. The van der Waals surface area contributed by atoms with E-state index in [0.29, 0.717) is 5.56 Å². The summed E-state index contributed by atoms with van der Waals surface area (Å²) in [5.41, 5.74) is 0.187. The number of rotatable bonds is 1. The second kappa shape index (κ2) is 4.83.